The van der Waals surface area contributed by atoms with E-state index in [1.165, 1.54) is 0 Å². The first-order chi connectivity index (χ1) is 9.15. The molecule has 0 aliphatic heterocycles. The number of thiol groups is 1. The second-order valence-corrected chi connectivity index (χ2v) is 4.73. The quantitative estimate of drug-likeness (QED) is 0.567. The second-order valence-electron chi connectivity index (χ2n) is 4.21. The van der Waals surface area contributed by atoms with E-state index in [1.54, 1.807) is 13.2 Å². The molecule has 0 saturated heterocycles. The van der Waals surface area contributed by atoms with Gasteiger partial charge in [-0.3, -0.25) is 4.79 Å². The van der Waals surface area contributed by atoms with Crippen LogP contribution in [0.2, 0.25) is 0 Å². The fourth-order valence-electron chi connectivity index (χ4n) is 1.57. The number of benzene rings is 1. The minimum Gasteiger partial charge on any atom is -0.382 e. The maximum Gasteiger partial charge on any atom is 0.251 e. The maximum absolute atomic E-state index is 11.9. The number of carbonyl (C=O) groups is 1. The number of amides is 1. The van der Waals surface area contributed by atoms with Gasteiger partial charge in [0.25, 0.3) is 5.91 Å². The summed E-state index contributed by atoms with van der Waals surface area (Å²) in [6.07, 6.45) is 0.787. The number of hydrogen-bond donors (Lipinski definition) is 2. The lowest BCUT2D eigenvalue weighted by Gasteiger charge is -2.08. The Morgan fingerprint density at radius 1 is 1.32 bits per heavy atom. The summed E-state index contributed by atoms with van der Waals surface area (Å²) in [6.45, 7) is 4.32. The number of rotatable bonds is 8. The van der Waals surface area contributed by atoms with Crippen molar-refractivity contribution >= 4 is 18.5 Å². The summed E-state index contributed by atoms with van der Waals surface area (Å²) < 4.78 is 10.2. The molecule has 0 atom stereocenters. The predicted molar refractivity (Wildman–Crippen MR) is 78.1 cm³/mol. The van der Waals surface area contributed by atoms with E-state index in [0.717, 1.165) is 16.9 Å². The molecule has 0 radical (unpaired) electrons. The Bertz CT molecular complexity index is 410. The zero-order valence-corrected chi connectivity index (χ0v) is 12.3. The van der Waals surface area contributed by atoms with Crippen LogP contribution >= 0.6 is 12.6 Å². The van der Waals surface area contributed by atoms with Crippen LogP contribution in [-0.2, 0) is 9.47 Å². The van der Waals surface area contributed by atoms with Crippen LogP contribution in [0.3, 0.4) is 0 Å². The Hall–Kier alpha value is -1.04. The minimum absolute atomic E-state index is 0.0645. The third-order valence-electron chi connectivity index (χ3n) is 2.65. The molecule has 0 unspecified atom stereocenters. The molecule has 1 N–H and O–H groups in total. The molecule has 1 amide bonds. The SMILES string of the molecule is COCCOCCCNC(=O)c1cc(S)ccc1C. The number of carbonyl (C=O) groups excluding carboxylic acids is 1. The number of nitrogens with one attached hydrogen (secondary N) is 1. The molecule has 4 nitrogen and oxygen atoms in total. The minimum atomic E-state index is -0.0645. The van der Waals surface area contributed by atoms with Crippen LogP contribution in [0.4, 0.5) is 0 Å². The third kappa shape index (κ3) is 6.09. The van der Waals surface area contributed by atoms with Crippen LogP contribution in [0.25, 0.3) is 0 Å². The van der Waals surface area contributed by atoms with Gasteiger partial charge in [-0.15, -0.1) is 12.6 Å². The third-order valence-corrected chi connectivity index (χ3v) is 2.93. The molecule has 0 aromatic heterocycles. The van der Waals surface area contributed by atoms with Gasteiger partial charge in [0.15, 0.2) is 0 Å². The highest BCUT2D eigenvalue weighted by Crippen LogP contribution is 2.13. The molecule has 106 valence electrons. The molecule has 0 aliphatic carbocycles. The van der Waals surface area contributed by atoms with Gasteiger partial charge in [-0.25, -0.2) is 0 Å². The Kier molecular flexibility index (Phi) is 7.55. The lowest BCUT2D eigenvalue weighted by atomic mass is 10.1. The van der Waals surface area contributed by atoms with Gasteiger partial charge in [-0.2, -0.15) is 0 Å². The molecule has 0 bridgehead atoms. The molecule has 0 spiro atoms. The summed E-state index contributed by atoms with van der Waals surface area (Å²) in [4.78, 5) is 12.7. The smallest absolute Gasteiger partial charge is 0.251 e. The second kappa shape index (κ2) is 8.96. The number of hydrogen-bond acceptors (Lipinski definition) is 4. The fraction of sp³-hybridized carbons (Fsp3) is 0.500. The normalized spacial score (nSPS) is 10.5. The average Bonchev–Trinajstić information content (AvgIpc) is 2.40. The van der Waals surface area contributed by atoms with Crippen molar-refractivity contribution in [2.75, 3.05) is 33.5 Å². The summed E-state index contributed by atoms with van der Waals surface area (Å²) in [7, 11) is 1.64. The number of methoxy groups -OCH3 is 1. The van der Waals surface area contributed by atoms with Gasteiger partial charge in [-0.05, 0) is 31.0 Å². The fourth-order valence-corrected chi connectivity index (χ4v) is 1.77. The molecule has 0 heterocycles. The zero-order chi connectivity index (χ0) is 14.1. The van der Waals surface area contributed by atoms with Crippen LogP contribution < -0.4 is 5.32 Å². The van der Waals surface area contributed by atoms with Crippen molar-refractivity contribution in [3.63, 3.8) is 0 Å². The van der Waals surface area contributed by atoms with E-state index in [-0.39, 0.29) is 5.91 Å². The molecular formula is C14H21NO3S. The highest BCUT2D eigenvalue weighted by atomic mass is 32.1. The first-order valence-corrected chi connectivity index (χ1v) is 6.74. The Morgan fingerprint density at radius 3 is 2.84 bits per heavy atom. The van der Waals surface area contributed by atoms with Crippen molar-refractivity contribution in [3.05, 3.63) is 29.3 Å². The monoisotopic (exact) mass is 283 g/mol. The zero-order valence-electron chi connectivity index (χ0n) is 11.4. The van der Waals surface area contributed by atoms with Crippen LogP contribution in [0.15, 0.2) is 23.1 Å². The lowest BCUT2D eigenvalue weighted by Crippen LogP contribution is -2.26. The summed E-state index contributed by atoms with van der Waals surface area (Å²) in [5, 5.41) is 2.87. The van der Waals surface area contributed by atoms with Crippen LogP contribution in [-0.4, -0.2) is 39.4 Å². The van der Waals surface area contributed by atoms with Crippen molar-refractivity contribution in [1.82, 2.24) is 5.32 Å². The van der Waals surface area contributed by atoms with Crippen LogP contribution in [0.5, 0.6) is 0 Å². The summed E-state index contributed by atoms with van der Waals surface area (Å²) in [6, 6.07) is 5.55. The highest BCUT2D eigenvalue weighted by Gasteiger charge is 2.08. The molecule has 1 aromatic rings. The summed E-state index contributed by atoms with van der Waals surface area (Å²) >= 11 is 4.24. The molecule has 0 aliphatic rings. The maximum atomic E-state index is 11.9. The Labute approximate surface area is 119 Å². The van der Waals surface area contributed by atoms with Crippen LogP contribution in [0.1, 0.15) is 22.3 Å². The van der Waals surface area contributed by atoms with Gasteiger partial charge >= 0.3 is 0 Å². The number of aryl methyl sites for hydroxylation is 1. The summed E-state index contributed by atoms with van der Waals surface area (Å²) in [5.74, 6) is -0.0645. The lowest BCUT2D eigenvalue weighted by molar-refractivity contribution is 0.0688. The van der Waals surface area contributed by atoms with Gasteiger partial charge in [0.1, 0.15) is 0 Å². The predicted octanol–water partition coefficient (Wildman–Crippen LogP) is 2.07. The molecule has 1 rings (SSSR count). The molecule has 0 saturated carbocycles. The topological polar surface area (TPSA) is 47.6 Å². The van der Waals surface area contributed by atoms with Crippen molar-refractivity contribution < 1.29 is 14.3 Å². The van der Waals surface area contributed by atoms with Crippen molar-refractivity contribution in [3.8, 4) is 0 Å². The van der Waals surface area contributed by atoms with Gasteiger partial charge < -0.3 is 14.8 Å². The first-order valence-electron chi connectivity index (χ1n) is 6.29. The van der Waals surface area contributed by atoms with Crippen molar-refractivity contribution in [2.45, 2.75) is 18.2 Å². The van der Waals surface area contributed by atoms with Gasteiger partial charge in [0.2, 0.25) is 0 Å². The summed E-state index contributed by atoms with van der Waals surface area (Å²) in [5.41, 5.74) is 1.62. The van der Waals surface area contributed by atoms with Gasteiger partial charge in [0.05, 0.1) is 13.2 Å². The Morgan fingerprint density at radius 2 is 2.11 bits per heavy atom. The first kappa shape index (κ1) is 16.0. The number of ether oxygens (including phenoxy) is 2. The van der Waals surface area contributed by atoms with E-state index in [9.17, 15) is 4.79 Å². The molecule has 19 heavy (non-hydrogen) atoms. The van der Waals surface area contributed by atoms with E-state index in [0.29, 0.717) is 31.9 Å². The molecular weight excluding hydrogens is 262 g/mol. The van der Waals surface area contributed by atoms with E-state index in [2.05, 4.69) is 17.9 Å². The van der Waals surface area contributed by atoms with Crippen LogP contribution in [0, 0.1) is 6.92 Å². The molecule has 1 aromatic carbocycles. The average molecular weight is 283 g/mol. The van der Waals surface area contributed by atoms with Gasteiger partial charge in [0, 0.05) is 30.7 Å². The van der Waals surface area contributed by atoms with Gasteiger partial charge in [-0.1, -0.05) is 6.07 Å². The highest BCUT2D eigenvalue weighted by molar-refractivity contribution is 7.80. The molecule has 0 fully saturated rings. The van der Waals surface area contributed by atoms with Crippen molar-refractivity contribution in [1.29, 1.82) is 0 Å². The molecule has 5 heteroatoms. The van der Waals surface area contributed by atoms with E-state index in [4.69, 9.17) is 9.47 Å². The standard InChI is InChI=1S/C14H21NO3S/c1-11-4-5-12(19)10-13(11)14(16)15-6-3-7-18-9-8-17-2/h4-5,10,19H,3,6-9H2,1-2H3,(H,15,16). The van der Waals surface area contributed by atoms with E-state index >= 15 is 0 Å². The van der Waals surface area contributed by atoms with E-state index in [1.807, 2.05) is 19.1 Å². The Balaban J connectivity index is 2.26. The largest absolute Gasteiger partial charge is 0.382 e. The van der Waals surface area contributed by atoms with Crippen molar-refractivity contribution in [2.24, 2.45) is 0 Å². The van der Waals surface area contributed by atoms with E-state index < -0.39 is 0 Å².